The van der Waals surface area contributed by atoms with E-state index < -0.39 is 0 Å². The molecular weight excluding hydrogens is 326 g/mol. The maximum Gasteiger partial charge on any atom is 0.274 e. The molecule has 5 heteroatoms. The second-order valence-electron chi connectivity index (χ2n) is 5.75. The average molecular weight is 345 g/mol. The Morgan fingerprint density at radius 3 is 2.19 bits per heavy atom. The molecule has 0 saturated heterocycles. The molecule has 0 fully saturated rings. The third-order valence-electron chi connectivity index (χ3n) is 3.91. The molecule has 0 spiro atoms. The van der Waals surface area contributed by atoms with Crippen LogP contribution in [0, 0.1) is 0 Å². The van der Waals surface area contributed by atoms with Gasteiger partial charge in [-0.25, -0.2) is 0 Å². The Bertz CT molecular complexity index is 906. The van der Waals surface area contributed by atoms with Crippen LogP contribution < -0.4 is 10.6 Å². The minimum Gasteiger partial charge on any atom is -0.322 e. The van der Waals surface area contributed by atoms with Gasteiger partial charge in [0.15, 0.2) is 0 Å². The number of pyridine rings is 1. The summed E-state index contributed by atoms with van der Waals surface area (Å²) in [6, 6.07) is 19.8. The lowest BCUT2D eigenvalue weighted by Gasteiger charge is -2.08. The van der Waals surface area contributed by atoms with Gasteiger partial charge in [-0.05, 0) is 48.4 Å². The highest BCUT2D eigenvalue weighted by atomic mass is 16.2. The van der Waals surface area contributed by atoms with Crippen LogP contribution in [0.1, 0.15) is 33.3 Å². The average Bonchev–Trinajstić information content (AvgIpc) is 2.69. The van der Waals surface area contributed by atoms with Crippen LogP contribution in [-0.2, 0) is 6.42 Å². The van der Waals surface area contributed by atoms with E-state index in [1.54, 1.807) is 18.2 Å². The SMILES string of the molecule is CCc1ccc(NC(=O)c2cc(C(=O)Nc3ccccc3)ccn2)cc1. The number of carbonyl (C=O) groups excluding carboxylic acids is 2. The summed E-state index contributed by atoms with van der Waals surface area (Å²) in [6.45, 7) is 2.07. The first-order valence-electron chi connectivity index (χ1n) is 8.38. The minimum atomic E-state index is -0.358. The van der Waals surface area contributed by atoms with Gasteiger partial charge in [-0.15, -0.1) is 0 Å². The molecule has 0 aliphatic carbocycles. The molecule has 1 aromatic heterocycles. The first-order valence-corrected chi connectivity index (χ1v) is 8.38. The van der Waals surface area contributed by atoms with Gasteiger partial charge < -0.3 is 10.6 Å². The third kappa shape index (κ3) is 4.33. The Labute approximate surface area is 152 Å². The molecule has 130 valence electrons. The summed E-state index contributed by atoms with van der Waals surface area (Å²) in [6.07, 6.45) is 2.39. The van der Waals surface area contributed by atoms with Gasteiger partial charge in [-0.3, -0.25) is 14.6 Å². The lowest BCUT2D eigenvalue weighted by Crippen LogP contribution is -2.17. The molecule has 0 aliphatic rings. The third-order valence-corrected chi connectivity index (χ3v) is 3.91. The minimum absolute atomic E-state index is 0.185. The van der Waals surface area contributed by atoms with Crippen LogP contribution >= 0.6 is 0 Å². The van der Waals surface area contributed by atoms with Crippen molar-refractivity contribution in [3.8, 4) is 0 Å². The van der Waals surface area contributed by atoms with E-state index in [0.29, 0.717) is 16.9 Å². The number of benzene rings is 2. The Kier molecular flexibility index (Phi) is 5.39. The molecule has 0 radical (unpaired) electrons. The van der Waals surface area contributed by atoms with Gasteiger partial charge in [0.1, 0.15) is 5.69 Å². The largest absolute Gasteiger partial charge is 0.322 e. The summed E-state index contributed by atoms with van der Waals surface area (Å²) >= 11 is 0. The second-order valence-corrected chi connectivity index (χ2v) is 5.75. The monoisotopic (exact) mass is 345 g/mol. The van der Waals surface area contributed by atoms with Crippen molar-refractivity contribution in [3.63, 3.8) is 0 Å². The quantitative estimate of drug-likeness (QED) is 0.730. The molecule has 26 heavy (non-hydrogen) atoms. The molecule has 3 aromatic rings. The Balaban J connectivity index is 1.71. The molecule has 2 N–H and O–H groups in total. The van der Waals surface area contributed by atoms with Crippen molar-refractivity contribution in [1.82, 2.24) is 4.98 Å². The van der Waals surface area contributed by atoms with E-state index in [0.717, 1.165) is 6.42 Å². The summed E-state index contributed by atoms with van der Waals surface area (Å²) in [5, 5.41) is 5.58. The predicted octanol–water partition coefficient (Wildman–Crippen LogP) is 4.15. The molecule has 0 bridgehead atoms. The maximum atomic E-state index is 12.4. The fraction of sp³-hybridized carbons (Fsp3) is 0.0952. The van der Waals surface area contributed by atoms with E-state index >= 15 is 0 Å². The molecule has 0 aliphatic heterocycles. The molecule has 1 heterocycles. The van der Waals surface area contributed by atoms with Crippen LogP contribution in [0.4, 0.5) is 11.4 Å². The van der Waals surface area contributed by atoms with Crippen molar-refractivity contribution >= 4 is 23.2 Å². The number of aromatic nitrogens is 1. The summed E-state index contributed by atoms with van der Waals surface area (Å²) in [7, 11) is 0. The molecule has 0 saturated carbocycles. The Morgan fingerprint density at radius 1 is 0.846 bits per heavy atom. The summed E-state index contributed by atoms with van der Waals surface area (Å²) < 4.78 is 0. The van der Waals surface area contributed by atoms with Crippen LogP contribution in [0.2, 0.25) is 0 Å². The highest BCUT2D eigenvalue weighted by Crippen LogP contribution is 2.13. The maximum absolute atomic E-state index is 12.4. The van der Waals surface area contributed by atoms with Crippen LogP contribution in [0.5, 0.6) is 0 Å². The lowest BCUT2D eigenvalue weighted by molar-refractivity contribution is 0.102. The van der Waals surface area contributed by atoms with E-state index in [-0.39, 0.29) is 17.5 Å². The van der Waals surface area contributed by atoms with E-state index in [1.165, 1.54) is 17.8 Å². The van der Waals surface area contributed by atoms with Crippen LogP contribution in [0.15, 0.2) is 72.9 Å². The summed E-state index contributed by atoms with van der Waals surface area (Å²) in [4.78, 5) is 28.8. The van der Waals surface area contributed by atoms with Crippen LogP contribution in [0.25, 0.3) is 0 Å². The predicted molar refractivity (Wildman–Crippen MR) is 102 cm³/mol. The number of nitrogens with one attached hydrogen (secondary N) is 2. The summed E-state index contributed by atoms with van der Waals surface area (Å²) in [5.41, 5.74) is 3.13. The van der Waals surface area contributed by atoms with Gasteiger partial charge in [-0.2, -0.15) is 0 Å². The Morgan fingerprint density at radius 2 is 1.50 bits per heavy atom. The first-order chi connectivity index (χ1) is 12.7. The van der Waals surface area contributed by atoms with Crippen molar-refractivity contribution in [2.75, 3.05) is 10.6 Å². The van der Waals surface area contributed by atoms with E-state index in [1.807, 2.05) is 42.5 Å². The number of anilines is 2. The number of hydrogen-bond acceptors (Lipinski definition) is 3. The van der Waals surface area contributed by atoms with Crippen molar-refractivity contribution in [1.29, 1.82) is 0 Å². The zero-order valence-corrected chi connectivity index (χ0v) is 14.4. The van der Waals surface area contributed by atoms with Gasteiger partial charge >= 0.3 is 0 Å². The molecule has 0 unspecified atom stereocenters. The van der Waals surface area contributed by atoms with Crippen molar-refractivity contribution in [2.45, 2.75) is 13.3 Å². The molecule has 2 amide bonds. The first kappa shape index (κ1) is 17.4. The number of rotatable bonds is 5. The van der Waals surface area contributed by atoms with E-state index in [2.05, 4.69) is 22.5 Å². The molecule has 3 rings (SSSR count). The van der Waals surface area contributed by atoms with Crippen LogP contribution in [0.3, 0.4) is 0 Å². The van der Waals surface area contributed by atoms with E-state index in [9.17, 15) is 9.59 Å². The highest BCUT2D eigenvalue weighted by Gasteiger charge is 2.12. The lowest BCUT2D eigenvalue weighted by atomic mass is 10.1. The molecule has 5 nitrogen and oxygen atoms in total. The van der Waals surface area contributed by atoms with Crippen molar-refractivity contribution in [3.05, 3.63) is 89.7 Å². The van der Waals surface area contributed by atoms with Gasteiger partial charge in [0.25, 0.3) is 11.8 Å². The van der Waals surface area contributed by atoms with Gasteiger partial charge in [-0.1, -0.05) is 37.3 Å². The van der Waals surface area contributed by atoms with Crippen molar-refractivity contribution in [2.24, 2.45) is 0 Å². The number of hydrogen-bond donors (Lipinski definition) is 2. The fourth-order valence-corrected chi connectivity index (χ4v) is 2.44. The molecular formula is C21H19N3O2. The Hall–Kier alpha value is -3.47. The zero-order chi connectivity index (χ0) is 18.4. The number of nitrogens with zero attached hydrogens (tertiary/aromatic N) is 1. The topological polar surface area (TPSA) is 71.1 Å². The fourth-order valence-electron chi connectivity index (χ4n) is 2.44. The van der Waals surface area contributed by atoms with Gasteiger partial charge in [0.2, 0.25) is 0 Å². The normalized spacial score (nSPS) is 10.2. The molecule has 0 atom stereocenters. The number of para-hydroxylation sites is 1. The van der Waals surface area contributed by atoms with Crippen LogP contribution in [-0.4, -0.2) is 16.8 Å². The number of carbonyl (C=O) groups is 2. The van der Waals surface area contributed by atoms with Gasteiger partial charge in [0, 0.05) is 23.1 Å². The summed E-state index contributed by atoms with van der Waals surface area (Å²) in [5.74, 6) is -0.649. The standard InChI is InChI=1S/C21H19N3O2/c1-2-15-8-10-18(11-9-15)24-21(26)19-14-16(12-13-22-19)20(25)23-17-6-4-3-5-7-17/h3-14H,2H2,1H3,(H,23,25)(H,24,26). The number of amides is 2. The molecule has 2 aromatic carbocycles. The number of aryl methyl sites for hydroxylation is 1. The van der Waals surface area contributed by atoms with Gasteiger partial charge in [0.05, 0.1) is 0 Å². The smallest absolute Gasteiger partial charge is 0.274 e. The zero-order valence-electron chi connectivity index (χ0n) is 14.4. The van der Waals surface area contributed by atoms with E-state index in [4.69, 9.17) is 0 Å². The van der Waals surface area contributed by atoms with Crippen molar-refractivity contribution < 1.29 is 9.59 Å². The second kappa shape index (κ2) is 8.07. The highest BCUT2D eigenvalue weighted by molar-refractivity contribution is 6.07.